The number of carbonyl (C=O) groups excluding carboxylic acids is 2. The Kier molecular flexibility index (Phi) is 5.07. The topological polar surface area (TPSA) is 80.1 Å². The molecule has 1 unspecified atom stereocenters. The van der Waals surface area contributed by atoms with Gasteiger partial charge in [-0.1, -0.05) is 0 Å². The van der Waals surface area contributed by atoms with Crippen LogP contribution in [0.4, 0.5) is 10.1 Å². The molecule has 3 heterocycles. The normalized spacial score (nSPS) is 16.3. The van der Waals surface area contributed by atoms with Gasteiger partial charge in [0.2, 0.25) is 11.8 Å². The van der Waals surface area contributed by atoms with Crippen LogP contribution < -0.4 is 10.2 Å². The summed E-state index contributed by atoms with van der Waals surface area (Å²) < 4.78 is 14.9. The monoisotopic (exact) mass is 393 g/mol. The van der Waals surface area contributed by atoms with Gasteiger partial charge in [0.1, 0.15) is 5.82 Å². The molecule has 3 aromatic rings. The second-order valence-electron chi connectivity index (χ2n) is 6.98. The number of benzene rings is 1. The van der Waals surface area contributed by atoms with Crippen LogP contribution in [0.1, 0.15) is 12.1 Å². The number of aromatic nitrogens is 3. The molecule has 2 amide bonds. The zero-order valence-electron chi connectivity index (χ0n) is 15.9. The molecule has 1 aliphatic rings. The Morgan fingerprint density at radius 1 is 1.21 bits per heavy atom. The molecule has 1 fully saturated rings. The third-order valence-corrected chi connectivity index (χ3v) is 4.98. The second-order valence-corrected chi connectivity index (χ2v) is 6.98. The van der Waals surface area contributed by atoms with Crippen LogP contribution in [-0.4, -0.2) is 33.1 Å². The van der Waals surface area contributed by atoms with Gasteiger partial charge in [0.05, 0.1) is 23.9 Å². The molecule has 1 aromatic carbocycles. The van der Waals surface area contributed by atoms with E-state index >= 15 is 0 Å². The Hall–Kier alpha value is -3.55. The zero-order valence-corrected chi connectivity index (χ0v) is 15.9. The van der Waals surface area contributed by atoms with Crippen LogP contribution in [0.2, 0.25) is 0 Å². The lowest BCUT2D eigenvalue weighted by molar-refractivity contribution is -0.126. The van der Waals surface area contributed by atoms with Crippen molar-refractivity contribution in [2.24, 2.45) is 13.0 Å². The van der Waals surface area contributed by atoms with Crippen LogP contribution in [0, 0.1) is 11.7 Å². The quantitative estimate of drug-likeness (QED) is 0.721. The maximum atomic E-state index is 13.1. The number of hydrogen-bond acceptors (Lipinski definition) is 4. The number of nitrogens with one attached hydrogen (secondary N) is 1. The van der Waals surface area contributed by atoms with Crippen LogP contribution in [0.3, 0.4) is 0 Å². The van der Waals surface area contributed by atoms with Crippen LogP contribution >= 0.6 is 0 Å². The zero-order chi connectivity index (χ0) is 20.4. The molecule has 148 valence electrons. The Bertz CT molecular complexity index is 1030. The van der Waals surface area contributed by atoms with Gasteiger partial charge in [-0.2, -0.15) is 5.10 Å². The molecule has 1 saturated heterocycles. The molecule has 1 atom stereocenters. The highest BCUT2D eigenvalue weighted by molar-refractivity contribution is 6.00. The summed E-state index contributed by atoms with van der Waals surface area (Å²) in [4.78, 5) is 30.4. The van der Waals surface area contributed by atoms with Gasteiger partial charge in [-0.3, -0.25) is 19.3 Å². The highest BCUT2D eigenvalue weighted by atomic mass is 19.1. The molecule has 7 nitrogen and oxygen atoms in total. The minimum atomic E-state index is -0.448. The Morgan fingerprint density at radius 3 is 2.66 bits per heavy atom. The van der Waals surface area contributed by atoms with Crippen molar-refractivity contribution in [3.63, 3.8) is 0 Å². The van der Waals surface area contributed by atoms with E-state index in [4.69, 9.17) is 0 Å². The summed E-state index contributed by atoms with van der Waals surface area (Å²) >= 11 is 0. The van der Waals surface area contributed by atoms with Crippen LogP contribution in [0.5, 0.6) is 0 Å². The molecule has 0 bridgehead atoms. The van der Waals surface area contributed by atoms with Gasteiger partial charge in [-0.15, -0.1) is 0 Å². The third-order valence-electron chi connectivity index (χ3n) is 4.98. The molecule has 8 heteroatoms. The predicted molar refractivity (Wildman–Crippen MR) is 105 cm³/mol. The highest BCUT2D eigenvalue weighted by Crippen LogP contribution is 2.25. The fraction of sp³-hybridized carbons (Fsp3) is 0.238. The smallest absolute Gasteiger partial charge is 0.227 e. The minimum Gasteiger partial charge on any atom is -0.350 e. The van der Waals surface area contributed by atoms with Crippen molar-refractivity contribution in [1.82, 2.24) is 20.1 Å². The van der Waals surface area contributed by atoms with E-state index in [1.165, 1.54) is 17.0 Å². The number of halogens is 1. The highest BCUT2D eigenvalue weighted by Gasteiger charge is 2.35. The van der Waals surface area contributed by atoms with E-state index in [2.05, 4.69) is 15.4 Å². The number of hydrogen-bond donors (Lipinski definition) is 1. The Morgan fingerprint density at radius 2 is 1.93 bits per heavy atom. The SMILES string of the molecule is Cn1nc(CNC(=O)C2CC(=O)N(c3ccc(F)cc3)C2)cc1-c1ccncc1. The molecule has 0 spiro atoms. The number of pyridine rings is 1. The summed E-state index contributed by atoms with van der Waals surface area (Å²) in [5.41, 5.74) is 3.24. The molecule has 0 saturated carbocycles. The van der Waals surface area contributed by atoms with Gasteiger partial charge in [0.15, 0.2) is 0 Å². The molecule has 29 heavy (non-hydrogen) atoms. The summed E-state index contributed by atoms with van der Waals surface area (Å²) in [7, 11) is 1.84. The van der Waals surface area contributed by atoms with Gasteiger partial charge in [0, 0.05) is 43.7 Å². The number of amides is 2. The molecule has 1 N–H and O–H groups in total. The average Bonchev–Trinajstić information content (AvgIpc) is 3.30. The third kappa shape index (κ3) is 4.01. The maximum absolute atomic E-state index is 13.1. The molecule has 1 aliphatic heterocycles. The molecule has 0 aliphatic carbocycles. The van der Waals surface area contributed by atoms with E-state index < -0.39 is 5.92 Å². The predicted octanol–water partition coefficient (Wildman–Crippen LogP) is 2.29. The fourth-order valence-electron chi connectivity index (χ4n) is 3.48. The lowest BCUT2D eigenvalue weighted by Gasteiger charge is -2.16. The van der Waals surface area contributed by atoms with E-state index in [9.17, 15) is 14.0 Å². The van der Waals surface area contributed by atoms with Crippen molar-refractivity contribution in [2.45, 2.75) is 13.0 Å². The number of carbonyl (C=O) groups is 2. The first-order valence-electron chi connectivity index (χ1n) is 9.28. The summed E-state index contributed by atoms with van der Waals surface area (Å²) in [6, 6.07) is 11.4. The largest absolute Gasteiger partial charge is 0.350 e. The summed E-state index contributed by atoms with van der Waals surface area (Å²) in [5, 5.41) is 7.31. The van der Waals surface area contributed by atoms with E-state index in [0.29, 0.717) is 5.69 Å². The first-order valence-corrected chi connectivity index (χ1v) is 9.28. The number of anilines is 1. The standard InChI is InChI=1S/C21H20FN5O2/c1-26-19(14-6-8-23-9-7-14)11-17(25-26)12-24-21(29)15-10-20(28)27(13-15)18-4-2-16(22)3-5-18/h2-9,11,15H,10,12-13H2,1H3,(H,24,29). The summed E-state index contributed by atoms with van der Waals surface area (Å²) in [5.74, 6) is -1.15. The number of aryl methyl sites for hydroxylation is 1. The van der Waals surface area contributed by atoms with Crippen molar-refractivity contribution in [3.8, 4) is 11.3 Å². The van der Waals surface area contributed by atoms with E-state index in [1.807, 2.05) is 25.2 Å². The molecule has 4 rings (SSSR count). The van der Waals surface area contributed by atoms with Gasteiger partial charge in [-0.05, 0) is 42.5 Å². The molecule has 2 aromatic heterocycles. The van der Waals surface area contributed by atoms with Gasteiger partial charge in [0.25, 0.3) is 0 Å². The average molecular weight is 393 g/mol. The molecule has 0 radical (unpaired) electrons. The van der Waals surface area contributed by atoms with Crippen molar-refractivity contribution < 1.29 is 14.0 Å². The van der Waals surface area contributed by atoms with Crippen molar-refractivity contribution in [1.29, 1.82) is 0 Å². The maximum Gasteiger partial charge on any atom is 0.227 e. The fourth-order valence-corrected chi connectivity index (χ4v) is 3.48. The van der Waals surface area contributed by atoms with Gasteiger partial charge in [-0.25, -0.2) is 4.39 Å². The molecular formula is C21H20FN5O2. The van der Waals surface area contributed by atoms with Crippen LogP contribution in [-0.2, 0) is 23.2 Å². The first-order chi connectivity index (χ1) is 14.0. The lowest BCUT2D eigenvalue weighted by atomic mass is 10.1. The van der Waals surface area contributed by atoms with Crippen molar-refractivity contribution >= 4 is 17.5 Å². The molecular weight excluding hydrogens is 373 g/mol. The number of rotatable bonds is 5. The van der Waals surface area contributed by atoms with Crippen molar-refractivity contribution in [3.05, 3.63) is 66.4 Å². The van der Waals surface area contributed by atoms with Crippen LogP contribution in [0.25, 0.3) is 11.3 Å². The van der Waals surface area contributed by atoms with Gasteiger partial charge < -0.3 is 10.2 Å². The first kappa shape index (κ1) is 18.8. The van der Waals surface area contributed by atoms with E-state index in [-0.39, 0.29) is 37.1 Å². The summed E-state index contributed by atoms with van der Waals surface area (Å²) in [6.45, 7) is 0.555. The van der Waals surface area contributed by atoms with Crippen LogP contribution in [0.15, 0.2) is 54.9 Å². The lowest BCUT2D eigenvalue weighted by Crippen LogP contribution is -2.32. The van der Waals surface area contributed by atoms with E-state index in [1.54, 1.807) is 29.2 Å². The van der Waals surface area contributed by atoms with E-state index in [0.717, 1.165) is 17.0 Å². The summed E-state index contributed by atoms with van der Waals surface area (Å²) in [6.07, 6.45) is 3.56. The Labute approximate surface area is 167 Å². The Balaban J connectivity index is 1.38. The van der Waals surface area contributed by atoms with Gasteiger partial charge >= 0.3 is 0 Å². The second kappa shape index (κ2) is 7.83. The number of nitrogens with zero attached hydrogens (tertiary/aromatic N) is 4. The minimum absolute atomic E-state index is 0.133. The van der Waals surface area contributed by atoms with Crippen molar-refractivity contribution in [2.75, 3.05) is 11.4 Å².